The van der Waals surface area contributed by atoms with Gasteiger partial charge < -0.3 is 20.9 Å². The Morgan fingerprint density at radius 2 is 1.83 bits per heavy atom. The van der Waals surface area contributed by atoms with E-state index in [-0.39, 0.29) is 6.10 Å². The monoisotopic (exact) mass is 328 g/mol. The van der Waals surface area contributed by atoms with Crippen molar-refractivity contribution in [1.82, 2.24) is 5.32 Å². The Balaban J connectivity index is 1.64. The van der Waals surface area contributed by atoms with Crippen LogP contribution in [-0.4, -0.2) is 30.4 Å². The van der Waals surface area contributed by atoms with Crippen molar-refractivity contribution in [2.75, 3.05) is 13.1 Å². The predicted molar refractivity (Wildman–Crippen MR) is 94.0 cm³/mol. The first-order chi connectivity index (χ1) is 11.6. The summed E-state index contributed by atoms with van der Waals surface area (Å²) in [6.45, 7) is 1.30. The highest BCUT2D eigenvalue weighted by atomic mass is 16.5. The van der Waals surface area contributed by atoms with Crippen LogP contribution in [0.1, 0.15) is 17.5 Å². The summed E-state index contributed by atoms with van der Waals surface area (Å²) in [7, 11) is 0. The van der Waals surface area contributed by atoms with E-state index in [1.807, 2.05) is 30.3 Å². The Morgan fingerprint density at radius 3 is 2.58 bits per heavy atom. The summed E-state index contributed by atoms with van der Waals surface area (Å²) < 4.78 is 4.85. The van der Waals surface area contributed by atoms with Crippen molar-refractivity contribution in [2.24, 2.45) is 5.73 Å². The van der Waals surface area contributed by atoms with Gasteiger partial charge in [0.2, 0.25) is 0 Å². The van der Waals surface area contributed by atoms with E-state index in [1.165, 1.54) is 5.56 Å². The van der Waals surface area contributed by atoms with Gasteiger partial charge in [-0.2, -0.15) is 0 Å². The zero-order valence-electron chi connectivity index (χ0n) is 13.7. The normalized spacial score (nSPS) is 11.9. The Hall–Kier alpha value is -2.37. The molecular formula is C19H24N2O3. The smallest absolute Gasteiger partial charge is 0.409 e. The first kappa shape index (κ1) is 18.0. The number of nitrogens with two attached hydrogens (primary N) is 1. The number of amides is 1. The lowest BCUT2D eigenvalue weighted by Crippen LogP contribution is -2.28. The van der Waals surface area contributed by atoms with Crippen molar-refractivity contribution in [2.45, 2.75) is 25.4 Å². The molecular weight excluding hydrogens is 304 g/mol. The molecule has 0 fully saturated rings. The molecule has 5 nitrogen and oxygen atoms in total. The van der Waals surface area contributed by atoms with Crippen LogP contribution in [0.3, 0.4) is 0 Å². The predicted octanol–water partition coefficient (Wildman–Crippen LogP) is 2.27. The molecule has 0 aliphatic carbocycles. The molecule has 0 aliphatic rings. The number of ether oxygens (including phenoxy) is 1. The first-order valence-electron chi connectivity index (χ1n) is 8.12. The van der Waals surface area contributed by atoms with Crippen LogP contribution in [0.25, 0.3) is 0 Å². The van der Waals surface area contributed by atoms with E-state index in [1.54, 1.807) is 12.1 Å². The molecule has 2 rings (SSSR count). The minimum Gasteiger partial charge on any atom is -0.410 e. The minimum atomic E-state index is -0.813. The number of aryl methyl sites for hydroxylation is 1. The third-order valence-corrected chi connectivity index (χ3v) is 3.70. The highest BCUT2D eigenvalue weighted by molar-refractivity contribution is 5.68. The van der Waals surface area contributed by atoms with Gasteiger partial charge in [-0.3, -0.25) is 0 Å². The van der Waals surface area contributed by atoms with Crippen molar-refractivity contribution in [3.05, 3.63) is 65.7 Å². The zero-order valence-corrected chi connectivity index (χ0v) is 13.7. The fraction of sp³-hybridized carbons (Fsp3) is 0.316. The average molecular weight is 328 g/mol. The third kappa shape index (κ3) is 6.81. The number of nitrogens with one attached hydrogen (secondary N) is 1. The molecule has 0 heterocycles. The van der Waals surface area contributed by atoms with Crippen molar-refractivity contribution in [3.8, 4) is 5.75 Å². The number of rotatable bonds is 9. The Morgan fingerprint density at radius 1 is 1.08 bits per heavy atom. The lowest BCUT2D eigenvalue weighted by atomic mass is 10.1. The van der Waals surface area contributed by atoms with E-state index in [9.17, 15) is 9.90 Å². The van der Waals surface area contributed by atoms with Crippen LogP contribution >= 0.6 is 0 Å². The van der Waals surface area contributed by atoms with E-state index in [0.29, 0.717) is 12.3 Å². The topological polar surface area (TPSA) is 84.6 Å². The second kappa shape index (κ2) is 9.70. The number of carbonyl (C=O) groups is 1. The van der Waals surface area contributed by atoms with Gasteiger partial charge in [0, 0.05) is 6.54 Å². The molecule has 0 bridgehead atoms. The Kier molecular flexibility index (Phi) is 7.26. The number of carbonyl (C=O) groups excluding carboxylic acids is 1. The molecule has 24 heavy (non-hydrogen) atoms. The van der Waals surface area contributed by atoms with Crippen LogP contribution in [0.15, 0.2) is 54.6 Å². The maximum atomic E-state index is 10.7. The highest BCUT2D eigenvalue weighted by Crippen LogP contribution is 2.13. The van der Waals surface area contributed by atoms with Crippen molar-refractivity contribution in [3.63, 3.8) is 0 Å². The van der Waals surface area contributed by atoms with E-state index < -0.39 is 6.09 Å². The van der Waals surface area contributed by atoms with Crippen molar-refractivity contribution in [1.29, 1.82) is 0 Å². The van der Waals surface area contributed by atoms with Gasteiger partial charge in [-0.15, -0.1) is 0 Å². The molecule has 0 saturated carbocycles. The summed E-state index contributed by atoms with van der Waals surface area (Å²) in [6, 6.07) is 17.4. The lowest BCUT2D eigenvalue weighted by Gasteiger charge is -2.12. The fourth-order valence-electron chi connectivity index (χ4n) is 2.46. The fourth-order valence-corrected chi connectivity index (χ4v) is 2.46. The maximum absolute atomic E-state index is 10.7. The van der Waals surface area contributed by atoms with Gasteiger partial charge in [-0.05, 0) is 49.1 Å². The molecule has 0 radical (unpaired) electrons. The molecule has 0 unspecified atom stereocenters. The summed E-state index contributed by atoms with van der Waals surface area (Å²) in [5.74, 6) is 0.447. The summed E-state index contributed by atoms with van der Waals surface area (Å²) >= 11 is 0. The van der Waals surface area contributed by atoms with E-state index >= 15 is 0 Å². The van der Waals surface area contributed by atoms with E-state index in [0.717, 1.165) is 31.4 Å². The SMILES string of the molecule is NC(=O)Oc1cccc(CCNC[C@H](O)CCc2ccccc2)c1. The molecule has 1 amide bonds. The molecule has 0 spiro atoms. The molecule has 4 N–H and O–H groups in total. The molecule has 2 aromatic rings. The number of primary amides is 1. The molecule has 1 atom stereocenters. The molecule has 0 aliphatic heterocycles. The van der Waals surface area contributed by atoms with Crippen LogP contribution < -0.4 is 15.8 Å². The summed E-state index contributed by atoms with van der Waals surface area (Å²) in [6.07, 6.45) is 1.21. The standard InChI is InChI=1S/C19H24N2O3/c20-19(23)24-18-8-4-7-16(13-18)11-12-21-14-17(22)10-9-15-5-2-1-3-6-15/h1-8,13,17,21-22H,9-12,14H2,(H2,20,23)/t17-/m1/s1. The van der Waals surface area contributed by atoms with E-state index in [2.05, 4.69) is 17.4 Å². The van der Waals surface area contributed by atoms with Gasteiger partial charge in [0.15, 0.2) is 0 Å². The Bertz CT molecular complexity index is 632. The Labute approximate surface area is 142 Å². The van der Waals surface area contributed by atoms with Crippen LogP contribution in [-0.2, 0) is 12.8 Å². The van der Waals surface area contributed by atoms with Gasteiger partial charge in [0.1, 0.15) is 5.75 Å². The van der Waals surface area contributed by atoms with Crippen LogP contribution in [0, 0.1) is 0 Å². The van der Waals surface area contributed by atoms with Gasteiger partial charge in [0.05, 0.1) is 6.10 Å². The highest BCUT2D eigenvalue weighted by Gasteiger charge is 2.05. The second-order valence-corrected chi connectivity index (χ2v) is 5.70. The summed E-state index contributed by atoms with van der Waals surface area (Å²) in [5, 5.41) is 13.3. The van der Waals surface area contributed by atoms with Gasteiger partial charge in [-0.25, -0.2) is 4.79 Å². The molecule has 128 valence electrons. The first-order valence-corrected chi connectivity index (χ1v) is 8.12. The van der Waals surface area contributed by atoms with Gasteiger partial charge in [-0.1, -0.05) is 42.5 Å². The number of aliphatic hydroxyl groups is 1. The van der Waals surface area contributed by atoms with Crippen LogP contribution in [0.2, 0.25) is 0 Å². The number of hydrogen-bond acceptors (Lipinski definition) is 4. The third-order valence-electron chi connectivity index (χ3n) is 3.70. The largest absolute Gasteiger partial charge is 0.410 e. The average Bonchev–Trinajstić information content (AvgIpc) is 2.58. The maximum Gasteiger partial charge on any atom is 0.409 e. The van der Waals surface area contributed by atoms with Crippen molar-refractivity contribution < 1.29 is 14.6 Å². The quantitative estimate of drug-likeness (QED) is 0.617. The number of aliphatic hydroxyl groups excluding tert-OH is 1. The summed E-state index contributed by atoms with van der Waals surface area (Å²) in [4.78, 5) is 10.7. The zero-order chi connectivity index (χ0) is 17.2. The molecule has 5 heteroatoms. The summed E-state index contributed by atoms with van der Waals surface area (Å²) in [5.41, 5.74) is 7.28. The lowest BCUT2D eigenvalue weighted by molar-refractivity contribution is 0.162. The number of benzene rings is 2. The van der Waals surface area contributed by atoms with Gasteiger partial charge >= 0.3 is 6.09 Å². The van der Waals surface area contributed by atoms with Gasteiger partial charge in [0.25, 0.3) is 0 Å². The molecule has 0 aromatic heterocycles. The van der Waals surface area contributed by atoms with Crippen LogP contribution in [0.4, 0.5) is 4.79 Å². The molecule has 2 aromatic carbocycles. The van der Waals surface area contributed by atoms with Crippen LogP contribution in [0.5, 0.6) is 5.75 Å². The second-order valence-electron chi connectivity index (χ2n) is 5.70. The number of hydrogen-bond donors (Lipinski definition) is 3. The van der Waals surface area contributed by atoms with Crippen molar-refractivity contribution >= 4 is 6.09 Å². The molecule has 0 saturated heterocycles. The minimum absolute atomic E-state index is 0.366. The van der Waals surface area contributed by atoms with E-state index in [4.69, 9.17) is 10.5 Å².